The third-order valence-electron chi connectivity index (χ3n) is 6.45. The largest absolute Gasteiger partial charge is 0.416 e. The van der Waals surface area contributed by atoms with Gasteiger partial charge in [0.05, 0.1) is 5.56 Å². The average Bonchev–Trinajstić information content (AvgIpc) is 2.88. The quantitative estimate of drug-likeness (QED) is 0.169. The van der Waals surface area contributed by atoms with Gasteiger partial charge in [0.1, 0.15) is 5.82 Å². The maximum Gasteiger partial charge on any atom is 0.416 e. The number of hydrogen-bond donors (Lipinski definition) is 0. The number of fused-ring (bicyclic) bond motifs is 1. The van der Waals surface area contributed by atoms with Crippen molar-refractivity contribution in [2.24, 2.45) is 0 Å². The van der Waals surface area contributed by atoms with Gasteiger partial charge >= 0.3 is 6.18 Å². The molecule has 0 saturated heterocycles. The summed E-state index contributed by atoms with van der Waals surface area (Å²) in [6, 6.07) is 18.8. The van der Waals surface area contributed by atoms with Gasteiger partial charge in [0.15, 0.2) is 0 Å². The summed E-state index contributed by atoms with van der Waals surface area (Å²) >= 11 is 0. The van der Waals surface area contributed by atoms with Gasteiger partial charge in [0, 0.05) is 17.3 Å². The summed E-state index contributed by atoms with van der Waals surface area (Å²) in [6.07, 6.45) is 6.33. The molecule has 0 aliphatic heterocycles. The van der Waals surface area contributed by atoms with Crippen LogP contribution in [0.25, 0.3) is 10.8 Å². The van der Waals surface area contributed by atoms with Crippen molar-refractivity contribution in [3.8, 4) is 0 Å². The van der Waals surface area contributed by atoms with Gasteiger partial charge in [-0.25, -0.2) is 4.39 Å². The normalized spacial score (nSPS) is 12.0. The first-order valence-corrected chi connectivity index (χ1v) is 12.2. The summed E-state index contributed by atoms with van der Waals surface area (Å²) in [5, 5.41) is 1.41. The molecule has 0 spiro atoms. The van der Waals surface area contributed by atoms with Crippen molar-refractivity contribution in [2.45, 2.75) is 51.6 Å². The molecule has 4 rings (SSSR count). The smallest absolute Gasteiger partial charge is 0.261 e. The van der Waals surface area contributed by atoms with E-state index in [4.69, 9.17) is 0 Å². The topological polar surface area (TPSA) is 12.9 Å². The Morgan fingerprint density at radius 2 is 1.47 bits per heavy atom. The monoisotopic (exact) mass is 491 g/mol. The number of alkyl halides is 3. The molecule has 0 N–H and O–H groups in total. The SMILES string of the molecule is C/C=C/CCc1ccc(CCc2ccc3c(F)c(CCc4ccc(C(F)(F)F)cc4)ccc3c2)nc1. The van der Waals surface area contributed by atoms with E-state index in [-0.39, 0.29) is 5.82 Å². The highest BCUT2D eigenvalue weighted by molar-refractivity contribution is 5.84. The summed E-state index contributed by atoms with van der Waals surface area (Å²) in [6.45, 7) is 2.02. The summed E-state index contributed by atoms with van der Waals surface area (Å²) in [5.74, 6) is -0.263. The molecule has 0 unspecified atom stereocenters. The predicted octanol–water partition coefficient (Wildman–Crippen LogP) is 8.47. The van der Waals surface area contributed by atoms with Crippen LogP contribution in [0.15, 0.2) is 85.1 Å². The summed E-state index contributed by atoms with van der Waals surface area (Å²) < 4.78 is 53.4. The van der Waals surface area contributed by atoms with Crippen LogP contribution in [0.1, 0.15) is 46.9 Å². The fraction of sp³-hybridized carbons (Fsp3) is 0.258. The molecule has 0 bridgehead atoms. The zero-order valence-electron chi connectivity index (χ0n) is 20.3. The predicted molar refractivity (Wildman–Crippen MR) is 138 cm³/mol. The maximum atomic E-state index is 15.2. The van der Waals surface area contributed by atoms with Crippen molar-refractivity contribution in [1.29, 1.82) is 0 Å². The molecule has 1 heterocycles. The number of aromatic nitrogens is 1. The van der Waals surface area contributed by atoms with Crippen LogP contribution in [0, 0.1) is 5.82 Å². The van der Waals surface area contributed by atoms with E-state index < -0.39 is 11.7 Å². The van der Waals surface area contributed by atoms with Crippen LogP contribution in [-0.4, -0.2) is 4.98 Å². The first kappa shape index (κ1) is 25.6. The van der Waals surface area contributed by atoms with Crippen molar-refractivity contribution in [1.82, 2.24) is 4.98 Å². The molecule has 4 aromatic rings. The van der Waals surface area contributed by atoms with Gasteiger partial charge < -0.3 is 0 Å². The first-order chi connectivity index (χ1) is 17.3. The lowest BCUT2D eigenvalue weighted by Gasteiger charge is -2.10. The molecule has 0 saturated carbocycles. The molecular weight excluding hydrogens is 462 g/mol. The number of hydrogen-bond acceptors (Lipinski definition) is 1. The second-order valence-corrected chi connectivity index (χ2v) is 9.05. The minimum atomic E-state index is -4.35. The molecule has 36 heavy (non-hydrogen) atoms. The molecule has 1 aromatic heterocycles. The van der Waals surface area contributed by atoms with Crippen LogP contribution >= 0.6 is 0 Å². The summed E-state index contributed by atoms with van der Waals surface area (Å²) in [7, 11) is 0. The lowest BCUT2D eigenvalue weighted by Crippen LogP contribution is -2.04. The van der Waals surface area contributed by atoms with Gasteiger partial charge in [-0.05, 0) is 91.3 Å². The fourth-order valence-corrected chi connectivity index (χ4v) is 4.31. The third-order valence-corrected chi connectivity index (χ3v) is 6.45. The average molecular weight is 492 g/mol. The van der Waals surface area contributed by atoms with Crippen LogP contribution in [0.2, 0.25) is 0 Å². The zero-order valence-corrected chi connectivity index (χ0v) is 20.3. The second-order valence-electron chi connectivity index (χ2n) is 9.05. The molecule has 0 atom stereocenters. The lowest BCUT2D eigenvalue weighted by atomic mass is 9.97. The Labute approximate surface area is 209 Å². The van der Waals surface area contributed by atoms with E-state index in [1.165, 1.54) is 17.7 Å². The van der Waals surface area contributed by atoms with Crippen LogP contribution in [0.3, 0.4) is 0 Å². The van der Waals surface area contributed by atoms with Crippen LogP contribution in [0.5, 0.6) is 0 Å². The van der Waals surface area contributed by atoms with Gasteiger partial charge in [0.2, 0.25) is 0 Å². The van der Waals surface area contributed by atoms with E-state index in [0.29, 0.717) is 23.8 Å². The number of halogens is 4. The standard InChI is InChI=1S/C31H29F4N/c1-2-3-4-5-24-10-18-28(36-21-24)17-9-23-11-19-29-26(20-23)14-13-25(30(29)32)12-6-22-7-15-27(16-8-22)31(33,34)35/h2-3,7-8,10-11,13-16,18-21H,4-6,9,12,17H2,1H3/b3-2+. The van der Waals surface area contributed by atoms with E-state index >= 15 is 4.39 Å². The van der Waals surface area contributed by atoms with Crippen molar-refractivity contribution in [3.05, 3.63) is 124 Å². The zero-order chi connectivity index (χ0) is 25.5. The molecule has 0 amide bonds. The van der Waals surface area contributed by atoms with Gasteiger partial charge in [-0.15, -0.1) is 0 Å². The number of nitrogens with zero attached hydrogens (tertiary/aromatic N) is 1. The number of aryl methyl sites for hydroxylation is 5. The molecule has 1 nitrogen and oxygen atoms in total. The molecule has 186 valence electrons. The Hall–Kier alpha value is -3.47. The van der Waals surface area contributed by atoms with Gasteiger partial charge in [-0.3, -0.25) is 4.98 Å². The number of allylic oxidation sites excluding steroid dienone is 2. The molecule has 0 aliphatic carbocycles. The lowest BCUT2D eigenvalue weighted by molar-refractivity contribution is -0.137. The van der Waals surface area contributed by atoms with Crippen molar-refractivity contribution in [2.75, 3.05) is 0 Å². The fourth-order valence-electron chi connectivity index (χ4n) is 4.31. The molecule has 0 aliphatic rings. The minimum absolute atomic E-state index is 0.263. The van der Waals surface area contributed by atoms with Crippen LogP contribution in [0.4, 0.5) is 17.6 Å². The van der Waals surface area contributed by atoms with E-state index in [9.17, 15) is 13.2 Å². The minimum Gasteiger partial charge on any atom is -0.261 e. The van der Waals surface area contributed by atoms with E-state index in [1.54, 1.807) is 6.07 Å². The second kappa shape index (κ2) is 11.5. The highest BCUT2D eigenvalue weighted by Gasteiger charge is 2.29. The van der Waals surface area contributed by atoms with E-state index in [2.05, 4.69) is 29.3 Å². The van der Waals surface area contributed by atoms with Crippen LogP contribution in [-0.2, 0) is 38.3 Å². The Kier molecular flexibility index (Phi) is 8.19. The van der Waals surface area contributed by atoms with E-state index in [0.717, 1.165) is 60.0 Å². The highest BCUT2D eigenvalue weighted by atomic mass is 19.4. The highest BCUT2D eigenvalue weighted by Crippen LogP contribution is 2.29. The Bertz CT molecular complexity index is 1320. The Balaban J connectivity index is 1.37. The van der Waals surface area contributed by atoms with Gasteiger partial charge in [-0.2, -0.15) is 13.2 Å². The molecule has 0 radical (unpaired) electrons. The van der Waals surface area contributed by atoms with E-state index in [1.807, 2.05) is 37.4 Å². The summed E-state index contributed by atoms with van der Waals surface area (Å²) in [5.41, 5.74) is 4.03. The molecular formula is C31H29F4N. The number of pyridine rings is 1. The van der Waals surface area contributed by atoms with Gasteiger partial charge in [-0.1, -0.05) is 60.7 Å². The van der Waals surface area contributed by atoms with Crippen molar-refractivity contribution >= 4 is 10.8 Å². The first-order valence-electron chi connectivity index (χ1n) is 12.2. The Morgan fingerprint density at radius 3 is 2.17 bits per heavy atom. The number of benzene rings is 3. The van der Waals surface area contributed by atoms with Gasteiger partial charge in [0.25, 0.3) is 0 Å². The molecule has 3 aromatic carbocycles. The molecule has 0 fully saturated rings. The summed E-state index contributed by atoms with van der Waals surface area (Å²) in [4.78, 5) is 4.58. The Morgan fingerprint density at radius 1 is 0.750 bits per heavy atom. The third kappa shape index (κ3) is 6.60. The maximum absolute atomic E-state index is 15.2. The number of rotatable bonds is 9. The van der Waals surface area contributed by atoms with Crippen molar-refractivity contribution in [3.63, 3.8) is 0 Å². The molecule has 5 heteroatoms. The van der Waals surface area contributed by atoms with Crippen molar-refractivity contribution < 1.29 is 17.6 Å². The van der Waals surface area contributed by atoms with Crippen LogP contribution < -0.4 is 0 Å².